The molecule has 6 heteroatoms. The van der Waals surface area contributed by atoms with E-state index in [9.17, 15) is 9.90 Å². The Labute approximate surface area is 133 Å². The number of phenolic OH excluding ortho intramolecular Hbond substituents is 1. The number of benzene rings is 2. The number of nitrogens with zero attached hydrogens (tertiary/aromatic N) is 1. The molecule has 114 valence electrons. The second kappa shape index (κ2) is 6.95. The number of hydrazone groups is 1. The summed E-state index contributed by atoms with van der Waals surface area (Å²) in [6, 6.07) is 11.4. The largest absolute Gasteiger partial charge is 0.507 e. The van der Waals surface area contributed by atoms with Crippen molar-refractivity contribution in [2.45, 2.75) is 6.92 Å². The first-order valence-corrected chi connectivity index (χ1v) is 6.86. The maximum absolute atomic E-state index is 12.0. The number of methoxy groups -OCH3 is 1. The third kappa shape index (κ3) is 3.77. The molecule has 0 atom stereocenters. The summed E-state index contributed by atoms with van der Waals surface area (Å²) in [6.45, 7) is 1.68. The molecule has 5 nitrogen and oxygen atoms in total. The van der Waals surface area contributed by atoms with Gasteiger partial charge in [0.05, 0.1) is 12.8 Å². The fourth-order valence-electron chi connectivity index (χ4n) is 1.83. The minimum Gasteiger partial charge on any atom is -0.507 e. The Morgan fingerprint density at radius 3 is 2.68 bits per heavy atom. The lowest BCUT2D eigenvalue weighted by atomic mass is 10.1. The van der Waals surface area contributed by atoms with Crippen LogP contribution in [0.3, 0.4) is 0 Å². The van der Waals surface area contributed by atoms with Crippen molar-refractivity contribution >= 4 is 23.2 Å². The van der Waals surface area contributed by atoms with E-state index in [0.29, 0.717) is 27.6 Å². The highest BCUT2D eigenvalue weighted by Gasteiger charge is 2.08. The molecule has 0 radical (unpaired) electrons. The minimum atomic E-state index is -0.380. The van der Waals surface area contributed by atoms with Crippen LogP contribution in [0.1, 0.15) is 22.8 Å². The molecule has 2 aromatic rings. The zero-order chi connectivity index (χ0) is 16.1. The van der Waals surface area contributed by atoms with Crippen LogP contribution < -0.4 is 10.2 Å². The quantitative estimate of drug-likeness (QED) is 0.671. The molecular weight excluding hydrogens is 304 g/mol. The predicted octanol–water partition coefficient (Wildman–Crippen LogP) is 3.21. The Hall–Kier alpha value is -2.53. The summed E-state index contributed by atoms with van der Waals surface area (Å²) in [5, 5.41) is 14.4. The van der Waals surface area contributed by atoms with Crippen molar-refractivity contribution in [2.75, 3.05) is 7.11 Å². The fourth-order valence-corrected chi connectivity index (χ4v) is 2.02. The Morgan fingerprint density at radius 2 is 2.05 bits per heavy atom. The zero-order valence-electron chi connectivity index (χ0n) is 12.1. The molecular formula is C16H15ClN2O3. The summed E-state index contributed by atoms with van der Waals surface area (Å²) < 4.78 is 5.01. The first-order valence-electron chi connectivity index (χ1n) is 6.49. The molecule has 1 amide bonds. The van der Waals surface area contributed by atoms with Gasteiger partial charge >= 0.3 is 0 Å². The topological polar surface area (TPSA) is 70.9 Å². The molecule has 0 fully saturated rings. The average molecular weight is 319 g/mol. The molecule has 2 rings (SSSR count). The molecule has 0 aliphatic carbocycles. The van der Waals surface area contributed by atoms with Crippen molar-refractivity contribution in [3.63, 3.8) is 0 Å². The number of carbonyl (C=O) groups excluding carboxylic acids is 1. The van der Waals surface area contributed by atoms with Gasteiger partial charge in [-0.05, 0) is 37.3 Å². The van der Waals surface area contributed by atoms with E-state index in [4.69, 9.17) is 16.3 Å². The summed E-state index contributed by atoms with van der Waals surface area (Å²) in [5.74, 6) is 0.185. The van der Waals surface area contributed by atoms with E-state index in [2.05, 4.69) is 10.5 Å². The molecule has 2 N–H and O–H groups in total. The summed E-state index contributed by atoms with van der Waals surface area (Å²) in [4.78, 5) is 12.0. The Bertz CT molecular complexity index is 729. The second-order valence-electron chi connectivity index (χ2n) is 4.53. The molecule has 0 aliphatic heterocycles. The van der Waals surface area contributed by atoms with Gasteiger partial charge in [-0.1, -0.05) is 17.7 Å². The van der Waals surface area contributed by atoms with E-state index in [-0.39, 0.29) is 11.7 Å². The van der Waals surface area contributed by atoms with Crippen molar-refractivity contribution in [2.24, 2.45) is 5.10 Å². The predicted molar refractivity (Wildman–Crippen MR) is 85.8 cm³/mol. The number of rotatable bonds is 4. The normalized spacial score (nSPS) is 11.1. The van der Waals surface area contributed by atoms with Gasteiger partial charge in [0, 0.05) is 22.2 Å². The third-order valence-corrected chi connectivity index (χ3v) is 3.24. The van der Waals surface area contributed by atoms with Gasteiger partial charge in [0.1, 0.15) is 11.5 Å². The number of hydrogen-bond acceptors (Lipinski definition) is 4. The molecule has 22 heavy (non-hydrogen) atoms. The van der Waals surface area contributed by atoms with Crippen molar-refractivity contribution in [3.05, 3.63) is 58.6 Å². The van der Waals surface area contributed by atoms with Crippen LogP contribution in [-0.4, -0.2) is 23.8 Å². The number of amides is 1. The van der Waals surface area contributed by atoms with Crippen LogP contribution in [0.4, 0.5) is 0 Å². The highest BCUT2D eigenvalue weighted by molar-refractivity contribution is 6.30. The standard InChI is InChI=1S/C16H15ClN2O3/c1-10(14-7-6-13(22-2)9-15(14)20)18-19-16(21)11-4-3-5-12(17)8-11/h3-9,20H,1-2H3,(H,19,21). The smallest absolute Gasteiger partial charge is 0.271 e. The van der Waals surface area contributed by atoms with Crippen LogP contribution in [0.2, 0.25) is 5.02 Å². The summed E-state index contributed by atoms with van der Waals surface area (Å²) in [6.07, 6.45) is 0. The lowest BCUT2D eigenvalue weighted by molar-refractivity contribution is 0.0955. The van der Waals surface area contributed by atoms with E-state index in [1.165, 1.54) is 13.2 Å². The van der Waals surface area contributed by atoms with Crippen LogP contribution in [0.5, 0.6) is 11.5 Å². The van der Waals surface area contributed by atoms with Crippen molar-refractivity contribution in [1.29, 1.82) is 0 Å². The summed E-state index contributed by atoms with van der Waals surface area (Å²) in [5.41, 5.74) is 3.81. The lowest BCUT2D eigenvalue weighted by Crippen LogP contribution is -2.19. The van der Waals surface area contributed by atoms with Gasteiger partial charge in [-0.15, -0.1) is 0 Å². The van der Waals surface area contributed by atoms with Gasteiger partial charge in [0.25, 0.3) is 5.91 Å². The number of phenols is 1. The number of aromatic hydroxyl groups is 1. The van der Waals surface area contributed by atoms with E-state index in [0.717, 1.165) is 0 Å². The molecule has 0 heterocycles. The van der Waals surface area contributed by atoms with Gasteiger partial charge in [0.15, 0.2) is 0 Å². The monoisotopic (exact) mass is 318 g/mol. The molecule has 0 saturated heterocycles. The number of ether oxygens (including phenoxy) is 1. The molecule has 0 spiro atoms. The lowest BCUT2D eigenvalue weighted by Gasteiger charge is -2.07. The van der Waals surface area contributed by atoms with E-state index in [1.807, 2.05) is 0 Å². The van der Waals surface area contributed by atoms with Crippen LogP contribution in [0, 0.1) is 0 Å². The average Bonchev–Trinajstić information content (AvgIpc) is 2.52. The number of carbonyl (C=O) groups is 1. The molecule has 0 saturated carbocycles. The Kier molecular flexibility index (Phi) is 5.01. The van der Waals surface area contributed by atoms with Gasteiger partial charge in [0.2, 0.25) is 0 Å². The van der Waals surface area contributed by atoms with E-state index >= 15 is 0 Å². The highest BCUT2D eigenvalue weighted by Crippen LogP contribution is 2.23. The minimum absolute atomic E-state index is 0.0256. The maximum atomic E-state index is 12.0. The Balaban J connectivity index is 2.14. The van der Waals surface area contributed by atoms with Gasteiger partial charge in [-0.3, -0.25) is 4.79 Å². The molecule has 2 aromatic carbocycles. The number of hydrogen-bond donors (Lipinski definition) is 2. The molecule has 0 bridgehead atoms. The van der Waals surface area contributed by atoms with Crippen molar-refractivity contribution < 1.29 is 14.6 Å². The van der Waals surface area contributed by atoms with Crippen LogP contribution in [0.25, 0.3) is 0 Å². The maximum Gasteiger partial charge on any atom is 0.271 e. The van der Waals surface area contributed by atoms with Gasteiger partial charge in [-0.25, -0.2) is 5.43 Å². The van der Waals surface area contributed by atoms with Gasteiger partial charge < -0.3 is 9.84 Å². The molecule has 0 aliphatic rings. The van der Waals surface area contributed by atoms with Crippen LogP contribution in [-0.2, 0) is 0 Å². The third-order valence-electron chi connectivity index (χ3n) is 3.01. The van der Waals surface area contributed by atoms with Crippen molar-refractivity contribution in [3.8, 4) is 11.5 Å². The van der Waals surface area contributed by atoms with E-state index < -0.39 is 0 Å². The van der Waals surface area contributed by atoms with Crippen LogP contribution >= 0.6 is 11.6 Å². The zero-order valence-corrected chi connectivity index (χ0v) is 12.9. The van der Waals surface area contributed by atoms with Gasteiger partial charge in [-0.2, -0.15) is 5.10 Å². The Morgan fingerprint density at radius 1 is 1.27 bits per heavy atom. The van der Waals surface area contributed by atoms with E-state index in [1.54, 1.807) is 43.3 Å². The van der Waals surface area contributed by atoms with Crippen LogP contribution in [0.15, 0.2) is 47.6 Å². The SMILES string of the molecule is COc1ccc(C(C)=NNC(=O)c2cccc(Cl)c2)c(O)c1. The first kappa shape index (κ1) is 15.9. The summed E-state index contributed by atoms with van der Waals surface area (Å²) in [7, 11) is 1.51. The summed E-state index contributed by atoms with van der Waals surface area (Å²) >= 11 is 5.84. The molecule has 0 aromatic heterocycles. The first-order chi connectivity index (χ1) is 10.5. The molecule has 0 unspecified atom stereocenters. The highest BCUT2D eigenvalue weighted by atomic mass is 35.5. The number of nitrogens with one attached hydrogen (secondary N) is 1. The number of halogens is 1. The van der Waals surface area contributed by atoms with Crippen molar-refractivity contribution in [1.82, 2.24) is 5.43 Å². The fraction of sp³-hybridized carbons (Fsp3) is 0.125. The second-order valence-corrected chi connectivity index (χ2v) is 4.97.